The van der Waals surface area contributed by atoms with E-state index < -0.39 is 0 Å². The number of pyridine rings is 1. The number of ketones is 1. The fraction of sp³-hybridized carbons (Fsp3) is 0.217. The summed E-state index contributed by atoms with van der Waals surface area (Å²) >= 11 is 0. The van der Waals surface area contributed by atoms with Crippen LogP contribution < -0.4 is 0 Å². The molecule has 27 heavy (non-hydrogen) atoms. The summed E-state index contributed by atoms with van der Waals surface area (Å²) in [6, 6.07) is 15.5. The lowest BCUT2D eigenvalue weighted by Crippen LogP contribution is -2.01. The summed E-state index contributed by atoms with van der Waals surface area (Å²) in [5, 5.41) is 11.7. The second-order valence-corrected chi connectivity index (χ2v) is 7.48. The van der Waals surface area contributed by atoms with Crippen molar-refractivity contribution in [1.29, 1.82) is 0 Å². The number of hydrogen-bond donors (Lipinski definition) is 1. The number of Topliss-reactive ketones (excluding diaryl/α,β-unsaturated/α-hetero) is 1. The Labute approximate surface area is 157 Å². The van der Waals surface area contributed by atoms with Gasteiger partial charge in [0.1, 0.15) is 11.9 Å². The van der Waals surface area contributed by atoms with Gasteiger partial charge >= 0.3 is 0 Å². The van der Waals surface area contributed by atoms with Gasteiger partial charge in [-0.25, -0.2) is 4.98 Å². The molecule has 0 bridgehead atoms. The molecular weight excluding hydrogens is 338 g/mol. The number of aromatic nitrogens is 1. The molecule has 0 radical (unpaired) electrons. The number of nitrogens with zero attached hydrogens (tertiary/aromatic N) is 1. The van der Waals surface area contributed by atoms with Gasteiger partial charge in [-0.05, 0) is 41.3 Å². The van der Waals surface area contributed by atoms with Crippen molar-refractivity contribution < 1.29 is 14.6 Å². The minimum atomic E-state index is -0.185. The Kier molecular flexibility index (Phi) is 3.46. The second-order valence-electron chi connectivity index (χ2n) is 7.48. The van der Waals surface area contributed by atoms with Crippen LogP contribution in [0.1, 0.15) is 58.6 Å². The highest BCUT2D eigenvalue weighted by molar-refractivity contribution is 6.38. The Balaban J connectivity index is 1.58. The number of aliphatic hydroxyl groups is 1. The third-order valence-electron chi connectivity index (χ3n) is 5.35. The Morgan fingerprint density at radius 2 is 1.89 bits per heavy atom. The zero-order valence-corrected chi connectivity index (χ0v) is 15.2. The molecule has 3 aromatic rings. The summed E-state index contributed by atoms with van der Waals surface area (Å²) in [7, 11) is 0. The summed E-state index contributed by atoms with van der Waals surface area (Å²) in [5.41, 5.74) is 4.90. The van der Waals surface area contributed by atoms with Gasteiger partial charge in [0.2, 0.25) is 0 Å². The predicted molar refractivity (Wildman–Crippen MR) is 105 cm³/mol. The van der Waals surface area contributed by atoms with Crippen LogP contribution in [0, 0.1) is 0 Å². The maximum Gasteiger partial charge on any atom is 0.199 e. The van der Waals surface area contributed by atoms with Crippen LogP contribution in [0.3, 0.4) is 0 Å². The largest absolute Gasteiger partial charge is 0.506 e. The number of ether oxygens (including phenoxy) is 1. The van der Waals surface area contributed by atoms with E-state index in [1.807, 2.05) is 30.3 Å². The molecule has 1 aromatic heterocycles. The van der Waals surface area contributed by atoms with E-state index in [1.54, 1.807) is 6.07 Å². The van der Waals surface area contributed by atoms with E-state index in [-0.39, 0.29) is 23.2 Å². The summed E-state index contributed by atoms with van der Waals surface area (Å²) in [5.74, 6) is 0.260. The number of hydrogen-bond acceptors (Lipinski definition) is 4. The molecule has 0 amide bonds. The molecule has 4 nitrogen and oxygen atoms in total. The van der Waals surface area contributed by atoms with Gasteiger partial charge in [-0.15, -0.1) is 0 Å². The van der Waals surface area contributed by atoms with Gasteiger partial charge in [0, 0.05) is 16.5 Å². The van der Waals surface area contributed by atoms with Gasteiger partial charge < -0.3 is 9.84 Å². The van der Waals surface area contributed by atoms with Crippen LogP contribution in [0.4, 0.5) is 0 Å². The number of allylic oxidation sites excluding steroid dienone is 1. The van der Waals surface area contributed by atoms with Crippen LogP contribution in [-0.4, -0.2) is 22.5 Å². The molecule has 2 aromatic carbocycles. The van der Waals surface area contributed by atoms with Crippen molar-refractivity contribution in [2.45, 2.75) is 25.9 Å². The smallest absolute Gasteiger partial charge is 0.199 e. The van der Waals surface area contributed by atoms with Gasteiger partial charge in [0.15, 0.2) is 5.78 Å². The Morgan fingerprint density at radius 3 is 2.63 bits per heavy atom. The standard InChI is InChI=1S/C23H19NO3/c1-12(2)13-4-7-18-14(9-13)5-8-19(24-18)21-22(25)16-6-3-15(20-11-27-20)10-17(16)23(21)26/h3-10,12,20,25H,11H2,1-2H3. The second kappa shape index (κ2) is 5.76. The van der Waals surface area contributed by atoms with Gasteiger partial charge in [0.05, 0.1) is 23.4 Å². The topological polar surface area (TPSA) is 62.7 Å². The maximum absolute atomic E-state index is 13.0. The summed E-state index contributed by atoms with van der Waals surface area (Å²) in [4.78, 5) is 17.6. The van der Waals surface area contributed by atoms with E-state index in [4.69, 9.17) is 4.74 Å². The molecule has 0 saturated carbocycles. The SMILES string of the molecule is CC(C)c1ccc2nc(C3=C(O)c4ccc(C5CO5)cc4C3=O)ccc2c1. The molecule has 1 atom stereocenters. The zero-order valence-electron chi connectivity index (χ0n) is 15.2. The van der Waals surface area contributed by atoms with Crippen molar-refractivity contribution in [2.24, 2.45) is 0 Å². The zero-order chi connectivity index (χ0) is 18.7. The summed E-state index contributed by atoms with van der Waals surface area (Å²) in [6.45, 7) is 4.99. The average Bonchev–Trinajstić information content (AvgIpc) is 3.49. The number of rotatable bonds is 3. The Bertz CT molecular complexity index is 1140. The fourth-order valence-corrected chi connectivity index (χ4v) is 3.65. The van der Waals surface area contributed by atoms with Crippen molar-refractivity contribution in [2.75, 3.05) is 6.61 Å². The lowest BCUT2D eigenvalue weighted by Gasteiger charge is -2.08. The minimum Gasteiger partial charge on any atom is -0.506 e. The first-order valence-corrected chi connectivity index (χ1v) is 9.18. The average molecular weight is 357 g/mol. The van der Waals surface area contributed by atoms with Gasteiger partial charge in [0.25, 0.3) is 0 Å². The van der Waals surface area contributed by atoms with E-state index in [2.05, 4.69) is 31.0 Å². The minimum absolute atomic E-state index is 0.00363. The first-order valence-electron chi connectivity index (χ1n) is 9.18. The van der Waals surface area contributed by atoms with Crippen LogP contribution in [-0.2, 0) is 4.74 Å². The summed E-state index contributed by atoms with van der Waals surface area (Å²) < 4.78 is 5.30. The lowest BCUT2D eigenvalue weighted by atomic mass is 10.00. The number of epoxide rings is 1. The molecule has 134 valence electrons. The monoisotopic (exact) mass is 357 g/mol. The Morgan fingerprint density at radius 1 is 1.07 bits per heavy atom. The number of benzene rings is 2. The van der Waals surface area contributed by atoms with Crippen LogP contribution in [0.5, 0.6) is 0 Å². The summed E-state index contributed by atoms with van der Waals surface area (Å²) in [6.07, 6.45) is 0.0724. The van der Waals surface area contributed by atoms with Gasteiger partial charge in [-0.3, -0.25) is 4.79 Å². The van der Waals surface area contributed by atoms with E-state index >= 15 is 0 Å². The quantitative estimate of drug-likeness (QED) is 0.666. The third kappa shape index (κ3) is 2.56. The molecular formula is C23H19NO3. The molecule has 1 unspecified atom stereocenters. The van der Waals surface area contributed by atoms with Crippen LogP contribution >= 0.6 is 0 Å². The van der Waals surface area contributed by atoms with E-state index in [0.717, 1.165) is 16.5 Å². The number of aliphatic hydroxyl groups excluding tert-OH is 1. The number of fused-ring (bicyclic) bond motifs is 2. The molecule has 2 aliphatic rings. The van der Waals surface area contributed by atoms with Crippen molar-refractivity contribution in [1.82, 2.24) is 4.98 Å². The van der Waals surface area contributed by atoms with Crippen LogP contribution in [0.25, 0.3) is 22.2 Å². The molecule has 1 N–H and O–H groups in total. The highest BCUT2D eigenvalue weighted by atomic mass is 16.6. The molecule has 1 fully saturated rings. The lowest BCUT2D eigenvalue weighted by molar-refractivity contribution is 0.105. The van der Waals surface area contributed by atoms with Gasteiger partial charge in [-0.2, -0.15) is 0 Å². The first-order chi connectivity index (χ1) is 13.0. The predicted octanol–water partition coefficient (Wildman–Crippen LogP) is 5.05. The molecule has 0 spiro atoms. The molecule has 1 saturated heterocycles. The Hall–Kier alpha value is -2.98. The fourth-order valence-electron chi connectivity index (χ4n) is 3.65. The number of carbonyl (C=O) groups excluding carboxylic acids is 1. The maximum atomic E-state index is 13.0. The van der Waals surface area contributed by atoms with Crippen LogP contribution in [0.15, 0.2) is 48.5 Å². The molecule has 4 heteroatoms. The van der Waals surface area contributed by atoms with Crippen molar-refractivity contribution >= 4 is 28.0 Å². The molecule has 5 rings (SSSR count). The third-order valence-corrected chi connectivity index (χ3v) is 5.35. The van der Waals surface area contributed by atoms with Crippen molar-refractivity contribution in [3.8, 4) is 0 Å². The van der Waals surface area contributed by atoms with E-state index in [9.17, 15) is 9.90 Å². The molecule has 1 aliphatic heterocycles. The van der Waals surface area contributed by atoms with Crippen molar-refractivity contribution in [3.63, 3.8) is 0 Å². The van der Waals surface area contributed by atoms with Crippen LogP contribution in [0.2, 0.25) is 0 Å². The first kappa shape index (κ1) is 16.2. The van der Waals surface area contributed by atoms with Gasteiger partial charge in [-0.1, -0.05) is 38.1 Å². The molecule has 2 heterocycles. The normalized spacial score (nSPS) is 18.5. The number of carbonyl (C=O) groups is 1. The molecule has 1 aliphatic carbocycles. The highest BCUT2D eigenvalue weighted by Crippen LogP contribution is 2.39. The highest BCUT2D eigenvalue weighted by Gasteiger charge is 2.34. The van der Waals surface area contributed by atoms with Crippen molar-refractivity contribution in [3.05, 3.63) is 76.5 Å². The van der Waals surface area contributed by atoms with E-state index in [0.29, 0.717) is 29.3 Å². The van der Waals surface area contributed by atoms with E-state index in [1.165, 1.54) is 5.56 Å².